The van der Waals surface area contributed by atoms with Crippen molar-refractivity contribution in [2.45, 2.75) is 96.5 Å². The third-order valence-corrected chi connectivity index (χ3v) is 3.95. The SMILES string of the molecule is CCCCCC[C@@H](O)C/C=C\CCCCCCCC(=O)OC.N. The van der Waals surface area contributed by atoms with E-state index in [1.165, 1.54) is 45.6 Å². The van der Waals surface area contributed by atoms with Gasteiger partial charge in [0.25, 0.3) is 0 Å². The molecule has 0 aliphatic carbocycles. The summed E-state index contributed by atoms with van der Waals surface area (Å²) in [6.07, 6.45) is 18.1. The quantitative estimate of drug-likeness (QED) is 0.242. The largest absolute Gasteiger partial charge is 0.469 e. The molecule has 0 saturated heterocycles. The summed E-state index contributed by atoms with van der Waals surface area (Å²) in [5.41, 5.74) is 0. The van der Waals surface area contributed by atoms with Crippen molar-refractivity contribution in [1.82, 2.24) is 6.15 Å². The standard InChI is InChI=1S/C19H36O3.H3N/c1-3-4-5-12-15-18(20)16-13-10-8-6-7-9-11-14-17-19(21)22-2;/h10,13,18,20H,3-9,11-12,14-17H2,1-2H3;1H3/b13-10-;/t18-;/m1./s1. The highest BCUT2D eigenvalue weighted by molar-refractivity contribution is 5.68. The van der Waals surface area contributed by atoms with Crippen LogP contribution in [0.1, 0.15) is 90.4 Å². The van der Waals surface area contributed by atoms with Crippen LogP contribution in [-0.2, 0) is 9.53 Å². The lowest BCUT2D eigenvalue weighted by Crippen LogP contribution is -2.04. The van der Waals surface area contributed by atoms with Crippen molar-refractivity contribution in [1.29, 1.82) is 0 Å². The summed E-state index contributed by atoms with van der Waals surface area (Å²) >= 11 is 0. The molecule has 0 spiro atoms. The van der Waals surface area contributed by atoms with E-state index in [9.17, 15) is 9.90 Å². The van der Waals surface area contributed by atoms with E-state index in [0.29, 0.717) is 6.42 Å². The van der Waals surface area contributed by atoms with Crippen LogP contribution in [0.5, 0.6) is 0 Å². The van der Waals surface area contributed by atoms with Crippen LogP contribution < -0.4 is 6.15 Å². The van der Waals surface area contributed by atoms with Crippen LogP contribution in [0.25, 0.3) is 0 Å². The molecule has 4 N–H and O–H groups in total. The van der Waals surface area contributed by atoms with E-state index < -0.39 is 0 Å². The number of unbranched alkanes of at least 4 members (excludes halogenated alkanes) is 8. The third-order valence-electron chi connectivity index (χ3n) is 3.95. The number of methoxy groups -OCH3 is 1. The Morgan fingerprint density at radius 2 is 1.65 bits per heavy atom. The zero-order chi connectivity index (χ0) is 16.5. The normalized spacial score (nSPS) is 12.1. The van der Waals surface area contributed by atoms with Crippen molar-refractivity contribution in [2.24, 2.45) is 0 Å². The number of aliphatic hydroxyl groups excluding tert-OH is 1. The van der Waals surface area contributed by atoms with Gasteiger partial charge in [-0.05, 0) is 32.1 Å². The zero-order valence-electron chi connectivity index (χ0n) is 15.4. The van der Waals surface area contributed by atoms with E-state index in [1.807, 2.05) is 0 Å². The highest BCUT2D eigenvalue weighted by Gasteiger charge is 2.01. The second-order valence-electron chi connectivity index (χ2n) is 6.09. The van der Waals surface area contributed by atoms with Crippen molar-refractivity contribution in [2.75, 3.05) is 7.11 Å². The number of rotatable bonds is 15. The molecule has 0 aromatic carbocycles. The Balaban J connectivity index is 0. The summed E-state index contributed by atoms with van der Waals surface area (Å²) in [6, 6.07) is 0. The first-order chi connectivity index (χ1) is 10.7. The van der Waals surface area contributed by atoms with Crippen molar-refractivity contribution in [3.8, 4) is 0 Å². The van der Waals surface area contributed by atoms with Gasteiger partial charge in [-0.3, -0.25) is 4.79 Å². The van der Waals surface area contributed by atoms with Gasteiger partial charge in [-0.2, -0.15) is 0 Å². The number of esters is 1. The Labute approximate surface area is 143 Å². The number of hydrogen-bond donors (Lipinski definition) is 2. The fourth-order valence-corrected chi connectivity index (χ4v) is 2.46. The first kappa shape index (κ1) is 24.4. The van der Waals surface area contributed by atoms with Crippen molar-refractivity contribution in [3.05, 3.63) is 12.2 Å². The van der Waals surface area contributed by atoms with Crippen LogP contribution in [0.3, 0.4) is 0 Å². The minimum atomic E-state index is -0.161. The Kier molecular flexibility index (Phi) is 20.3. The van der Waals surface area contributed by atoms with Crippen molar-refractivity contribution in [3.63, 3.8) is 0 Å². The number of carbonyl (C=O) groups excluding carboxylic acids is 1. The maximum absolute atomic E-state index is 10.9. The summed E-state index contributed by atoms with van der Waals surface area (Å²) in [4.78, 5) is 10.9. The smallest absolute Gasteiger partial charge is 0.305 e. The average molecular weight is 330 g/mol. The molecule has 0 bridgehead atoms. The molecule has 138 valence electrons. The molecule has 0 radical (unpaired) electrons. The van der Waals surface area contributed by atoms with Crippen LogP contribution in [-0.4, -0.2) is 24.3 Å². The highest BCUT2D eigenvalue weighted by atomic mass is 16.5. The topological polar surface area (TPSA) is 81.5 Å². The van der Waals surface area contributed by atoms with Gasteiger partial charge in [0.2, 0.25) is 0 Å². The van der Waals surface area contributed by atoms with Crippen LogP contribution >= 0.6 is 0 Å². The lowest BCUT2D eigenvalue weighted by molar-refractivity contribution is -0.140. The number of ether oxygens (including phenoxy) is 1. The first-order valence-corrected chi connectivity index (χ1v) is 9.10. The van der Waals surface area contributed by atoms with E-state index >= 15 is 0 Å². The van der Waals surface area contributed by atoms with Gasteiger partial charge in [-0.15, -0.1) is 0 Å². The molecule has 4 nitrogen and oxygen atoms in total. The second-order valence-corrected chi connectivity index (χ2v) is 6.09. The van der Waals surface area contributed by atoms with Crippen LogP contribution in [0, 0.1) is 0 Å². The van der Waals surface area contributed by atoms with Gasteiger partial charge in [-0.25, -0.2) is 0 Å². The maximum atomic E-state index is 10.9. The van der Waals surface area contributed by atoms with Crippen LogP contribution in [0.4, 0.5) is 0 Å². The Morgan fingerprint density at radius 3 is 2.35 bits per heavy atom. The van der Waals surface area contributed by atoms with Crippen LogP contribution in [0.2, 0.25) is 0 Å². The van der Waals surface area contributed by atoms with Gasteiger partial charge in [0, 0.05) is 6.42 Å². The average Bonchev–Trinajstić information content (AvgIpc) is 2.53. The Morgan fingerprint density at radius 1 is 1.00 bits per heavy atom. The molecule has 0 heterocycles. The first-order valence-electron chi connectivity index (χ1n) is 9.10. The molecule has 0 fully saturated rings. The zero-order valence-corrected chi connectivity index (χ0v) is 15.4. The van der Waals surface area contributed by atoms with Gasteiger partial charge >= 0.3 is 5.97 Å². The number of hydrogen-bond acceptors (Lipinski definition) is 4. The summed E-state index contributed by atoms with van der Waals surface area (Å²) in [5.74, 6) is -0.101. The molecule has 0 aromatic heterocycles. The molecule has 0 rings (SSSR count). The summed E-state index contributed by atoms with van der Waals surface area (Å²) in [5, 5.41) is 9.82. The molecule has 0 saturated carbocycles. The number of carbonyl (C=O) groups is 1. The third kappa shape index (κ3) is 19.1. The molecule has 0 aliphatic heterocycles. The fourth-order valence-electron chi connectivity index (χ4n) is 2.46. The second kappa shape index (κ2) is 19.2. The molecular formula is C19H39NO3. The molecule has 0 aliphatic rings. The highest BCUT2D eigenvalue weighted by Crippen LogP contribution is 2.10. The molecule has 0 unspecified atom stereocenters. The van der Waals surface area contributed by atoms with Gasteiger partial charge < -0.3 is 16.0 Å². The van der Waals surface area contributed by atoms with E-state index in [2.05, 4.69) is 23.8 Å². The monoisotopic (exact) mass is 329 g/mol. The molecule has 1 atom stereocenters. The molecule has 0 aromatic rings. The summed E-state index contributed by atoms with van der Waals surface area (Å²) in [6.45, 7) is 2.21. The number of allylic oxidation sites excluding steroid dienone is 1. The lowest BCUT2D eigenvalue weighted by Gasteiger charge is -2.07. The molecule has 4 heteroatoms. The predicted molar refractivity (Wildman–Crippen MR) is 97.9 cm³/mol. The van der Waals surface area contributed by atoms with Crippen LogP contribution in [0.15, 0.2) is 12.2 Å². The van der Waals surface area contributed by atoms with E-state index in [1.54, 1.807) is 0 Å². The molecule has 0 amide bonds. The Hall–Kier alpha value is -0.870. The van der Waals surface area contributed by atoms with Gasteiger partial charge in [0.15, 0.2) is 0 Å². The molecular weight excluding hydrogens is 290 g/mol. The fraction of sp³-hybridized carbons (Fsp3) is 0.842. The number of aliphatic hydroxyl groups is 1. The van der Waals surface area contributed by atoms with Gasteiger partial charge in [0.05, 0.1) is 13.2 Å². The summed E-state index contributed by atoms with van der Waals surface area (Å²) in [7, 11) is 1.44. The lowest BCUT2D eigenvalue weighted by atomic mass is 10.1. The van der Waals surface area contributed by atoms with E-state index in [0.717, 1.165) is 38.5 Å². The minimum absolute atomic E-state index is 0. The van der Waals surface area contributed by atoms with Gasteiger partial charge in [0.1, 0.15) is 0 Å². The molecule has 23 heavy (non-hydrogen) atoms. The predicted octanol–water partition coefficient (Wildman–Crippen LogP) is 5.33. The van der Waals surface area contributed by atoms with Crippen molar-refractivity contribution < 1.29 is 14.6 Å². The van der Waals surface area contributed by atoms with E-state index in [4.69, 9.17) is 0 Å². The maximum Gasteiger partial charge on any atom is 0.305 e. The van der Waals surface area contributed by atoms with E-state index in [-0.39, 0.29) is 18.2 Å². The summed E-state index contributed by atoms with van der Waals surface area (Å²) < 4.78 is 4.61. The Bertz CT molecular complexity index is 280. The minimum Gasteiger partial charge on any atom is -0.469 e. The van der Waals surface area contributed by atoms with Crippen molar-refractivity contribution >= 4 is 5.97 Å². The van der Waals surface area contributed by atoms with Gasteiger partial charge in [-0.1, -0.05) is 64.0 Å².